The lowest BCUT2D eigenvalue weighted by Crippen LogP contribution is -2.24. The molecule has 4 rings (SSSR count). The normalized spacial score (nSPS) is 15.8. The van der Waals surface area contributed by atoms with Crippen LogP contribution in [0.1, 0.15) is 23.5 Å². The SMILES string of the molecule is C=CCOc1ccc([C@@H]2CC(=O)Nc3c2cnn3-c2ccccc2)cc1. The van der Waals surface area contributed by atoms with Crippen LogP contribution in [-0.4, -0.2) is 22.3 Å². The van der Waals surface area contributed by atoms with Gasteiger partial charge in [-0.1, -0.05) is 43.0 Å². The van der Waals surface area contributed by atoms with Gasteiger partial charge in [0.25, 0.3) is 0 Å². The van der Waals surface area contributed by atoms with E-state index in [-0.39, 0.29) is 11.8 Å². The first-order chi connectivity index (χ1) is 12.8. The third-order valence-electron chi connectivity index (χ3n) is 4.47. The van der Waals surface area contributed by atoms with Gasteiger partial charge in [-0.15, -0.1) is 0 Å². The summed E-state index contributed by atoms with van der Waals surface area (Å²) >= 11 is 0. The Morgan fingerprint density at radius 2 is 1.96 bits per heavy atom. The molecule has 2 aromatic carbocycles. The number of rotatable bonds is 5. The fourth-order valence-corrected chi connectivity index (χ4v) is 3.23. The lowest BCUT2D eigenvalue weighted by atomic mass is 9.87. The molecule has 1 amide bonds. The molecule has 0 radical (unpaired) electrons. The van der Waals surface area contributed by atoms with Crippen molar-refractivity contribution in [3.8, 4) is 11.4 Å². The van der Waals surface area contributed by atoms with Gasteiger partial charge >= 0.3 is 0 Å². The van der Waals surface area contributed by atoms with Crippen molar-refractivity contribution < 1.29 is 9.53 Å². The Morgan fingerprint density at radius 3 is 2.69 bits per heavy atom. The van der Waals surface area contributed by atoms with Crippen LogP contribution < -0.4 is 10.1 Å². The van der Waals surface area contributed by atoms with Crippen molar-refractivity contribution in [2.75, 3.05) is 11.9 Å². The van der Waals surface area contributed by atoms with Gasteiger partial charge in [-0.3, -0.25) is 4.79 Å². The molecule has 3 aromatic rings. The number of hydrogen-bond donors (Lipinski definition) is 1. The predicted molar refractivity (Wildman–Crippen MR) is 101 cm³/mol. The van der Waals surface area contributed by atoms with Gasteiger partial charge in [0.15, 0.2) is 0 Å². The van der Waals surface area contributed by atoms with Crippen molar-refractivity contribution >= 4 is 11.7 Å². The van der Waals surface area contributed by atoms with Crippen molar-refractivity contribution in [2.45, 2.75) is 12.3 Å². The number of fused-ring (bicyclic) bond motifs is 1. The molecule has 130 valence electrons. The highest BCUT2D eigenvalue weighted by Crippen LogP contribution is 2.38. The summed E-state index contributed by atoms with van der Waals surface area (Å²) in [7, 11) is 0. The van der Waals surface area contributed by atoms with Gasteiger partial charge in [-0.25, -0.2) is 4.68 Å². The van der Waals surface area contributed by atoms with E-state index in [0.717, 1.165) is 28.4 Å². The molecule has 1 aliphatic rings. The van der Waals surface area contributed by atoms with Crippen LogP contribution in [0.3, 0.4) is 0 Å². The lowest BCUT2D eigenvalue weighted by molar-refractivity contribution is -0.116. The Bertz CT molecular complexity index is 930. The number of benzene rings is 2. The van der Waals surface area contributed by atoms with E-state index in [1.165, 1.54) is 0 Å². The molecule has 1 aromatic heterocycles. The fourth-order valence-electron chi connectivity index (χ4n) is 3.23. The van der Waals surface area contributed by atoms with Crippen LogP contribution in [0.5, 0.6) is 5.75 Å². The van der Waals surface area contributed by atoms with E-state index in [2.05, 4.69) is 17.0 Å². The number of anilines is 1. The Morgan fingerprint density at radius 1 is 1.19 bits per heavy atom. The first-order valence-electron chi connectivity index (χ1n) is 8.53. The average molecular weight is 345 g/mol. The molecular formula is C21H19N3O2. The van der Waals surface area contributed by atoms with E-state index in [1.807, 2.05) is 60.8 Å². The molecule has 5 nitrogen and oxygen atoms in total. The van der Waals surface area contributed by atoms with E-state index < -0.39 is 0 Å². The highest BCUT2D eigenvalue weighted by Gasteiger charge is 2.30. The van der Waals surface area contributed by atoms with Crippen molar-refractivity contribution in [3.05, 3.63) is 84.6 Å². The Kier molecular flexibility index (Phi) is 4.27. The molecule has 0 aliphatic carbocycles. The molecule has 1 atom stereocenters. The van der Waals surface area contributed by atoms with Crippen LogP contribution >= 0.6 is 0 Å². The minimum Gasteiger partial charge on any atom is -0.490 e. The van der Waals surface area contributed by atoms with E-state index in [1.54, 1.807) is 10.8 Å². The maximum absolute atomic E-state index is 12.3. The molecule has 0 unspecified atom stereocenters. The molecule has 1 aliphatic heterocycles. The zero-order valence-electron chi connectivity index (χ0n) is 14.3. The Balaban J connectivity index is 1.69. The second-order valence-corrected chi connectivity index (χ2v) is 6.17. The molecule has 26 heavy (non-hydrogen) atoms. The van der Waals surface area contributed by atoms with Gasteiger partial charge in [0.1, 0.15) is 18.2 Å². The third-order valence-corrected chi connectivity index (χ3v) is 4.47. The van der Waals surface area contributed by atoms with Gasteiger partial charge in [-0.2, -0.15) is 5.10 Å². The number of nitrogens with one attached hydrogen (secondary N) is 1. The molecule has 0 bridgehead atoms. The van der Waals surface area contributed by atoms with Crippen LogP contribution in [0.25, 0.3) is 5.69 Å². The van der Waals surface area contributed by atoms with Crippen molar-refractivity contribution in [1.82, 2.24) is 9.78 Å². The summed E-state index contributed by atoms with van der Waals surface area (Å²) in [4.78, 5) is 12.3. The van der Waals surface area contributed by atoms with Gasteiger partial charge < -0.3 is 10.1 Å². The van der Waals surface area contributed by atoms with Crippen LogP contribution in [-0.2, 0) is 4.79 Å². The minimum atomic E-state index is -0.0235. The second-order valence-electron chi connectivity index (χ2n) is 6.17. The predicted octanol–water partition coefficient (Wildman–Crippen LogP) is 3.91. The molecule has 0 spiro atoms. The van der Waals surface area contributed by atoms with Crippen LogP contribution in [0.2, 0.25) is 0 Å². The van der Waals surface area contributed by atoms with Crippen molar-refractivity contribution in [3.63, 3.8) is 0 Å². The highest BCUT2D eigenvalue weighted by atomic mass is 16.5. The van der Waals surface area contributed by atoms with Crippen molar-refractivity contribution in [1.29, 1.82) is 0 Å². The van der Waals surface area contributed by atoms with E-state index >= 15 is 0 Å². The topological polar surface area (TPSA) is 56.1 Å². The summed E-state index contributed by atoms with van der Waals surface area (Å²) in [6, 6.07) is 17.7. The standard InChI is InChI=1S/C21H19N3O2/c1-2-12-26-17-10-8-15(9-11-17)18-13-20(25)23-21-19(18)14-22-24(21)16-6-4-3-5-7-16/h2-11,14,18H,1,12-13H2,(H,23,25)/t18-/m0/s1. The first-order valence-corrected chi connectivity index (χ1v) is 8.53. The summed E-state index contributed by atoms with van der Waals surface area (Å²) in [6.45, 7) is 4.12. The summed E-state index contributed by atoms with van der Waals surface area (Å²) in [5.41, 5.74) is 3.01. The van der Waals surface area contributed by atoms with E-state index in [4.69, 9.17) is 4.74 Å². The third kappa shape index (κ3) is 2.99. The Hall–Kier alpha value is -3.34. The lowest BCUT2D eigenvalue weighted by Gasteiger charge is -2.24. The van der Waals surface area contributed by atoms with Gasteiger partial charge in [-0.05, 0) is 29.8 Å². The van der Waals surface area contributed by atoms with Gasteiger partial charge in [0.2, 0.25) is 5.91 Å². The van der Waals surface area contributed by atoms with E-state index in [0.29, 0.717) is 13.0 Å². The number of carbonyl (C=O) groups is 1. The number of carbonyl (C=O) groups excluding carboxylic acids is 1. The second kappa shape index (κ2) is 6.88. The molecule has 2 heterocycles. The molecule has 0 fully saturated rings. The summed E-state index contributed by atoms with van der Waals surface area (Å²) in [6.07, 6.45) is 3.96. The average Bonchev–Trinajstić information content (AvgIpc) is 3.10. The van der Waals surface area contributed by atoms with E-state index in [9.17, 15) is 4.79 Å². The molecule has 0 saturated heterocycles. The number of aromatic nitrogens is 2. The summed E-state index contributed by atoms with van der Waals surface area (Å²) < 4.78 is 7.31. The monoisotopic (exact) mass is 345 g/mol. The zero-order valence-corrected chi connectivity index (χ0v) is 14.3. The highest BCUT2D eigenvalue weighted by molar-refractivity contribution is 5.94. The zero-order chi connectivity index (χ0) is 17.9. The van der Waals surface area contributed by atoms with Gasteiger partial charge in [0, 0.05) is 17.9 Å². The quantitative estimate of drug-likeness (QED) is 0.713. The molecular weight excluding hydrogens is 326 g/mol. The van der Waals surface area contributed by atoms with Crippen molar-refractivity contribution in [2.24, 2.45) is 0 Å². The number of nitrogens with zero attached hydrogens (tertiary/aromatic N) is 2. The first kappa shape index (κ1) is 16.1. The number of ether oxygens (including phenoxy) is 1. The molecule has 0 saturated carbocycles. The number of amides is 1. The van der Waals surface area contributed by atoms with Gasteiger partial charge in [0.05, 0.1) is 11.9 Å². The number of para-hydroxylation sites is 1. The maximum atomic E-state index is 12.3. The maximum Gasteiger partial charge on any atom is 0.226 e. The smallest absolute Gasteiger partial charge is 0.226 e. The summed E-state index contributed by atoms with van der Waals surface area (Å²) in [5.74, 6) is 1.50. The van der Waals surface area contributed by atoms with Crippen LogP contribution in [0.15, 0.2) is 73.4 Å². The molecule has 1 N–H and O–H groups in total. The molecule has 5 heteroatoms. The fraction of sp³-hybridized carbons (Fsp3) is 0.143. The van der Waals surface area contributed by atoms with Crippen LogP contribution in [0, 0.1) is 0 Å². The Labute approximate surface area is 151 Å². The summed E-state index contributed by atoms with van der Waals surface area (Å²) in [5, 5.41) is 7.47. The minimum absolute atomic E-state index is 0.00725. The largest absolute Gasteiger partial charge is 0.490 e. The van der Waals surface area contributed by atoms with Crippen LogP contribution in [0.4, 0.5) is 5.82 Å². The number of hydrogen-bond acceptors (Lipinski definition) is 3.